The van der Waals surface area contributed by atoms with Crippen molar-refractivity contribution in [2.24, 2.45) is 5.73 Å². The first-order chi connectivity index (χ1) is 14.8. The molecule has 7 heteroatoms. The lowest BCUT2D eigenvalue weighted by atomic mass is 10.1. The van der Waals surface area contributed by atoms with Gasteiger partial charge in [0.2, 0.25) is 0 Å². The number of rotatable bonds is 6. The summed E-state index contributed by atoms with van der Waals surface area (Å²) >= 11 is 0. The van der Waals surface area contributed by atoms with Gasteiger partial charge in [-0.2, -0.15) is 5.26 Å². The number of urea groups is 1. The normalized spacial score (nSPS) is 15.2. The molecule has 1 unspecified atom stereocenters. The summed E-state index contributed by atoms with van der Waals surface area (Å²) in [6.07, 6.45) is 0.571. The fourth-order valence-corrected chi connectivity index (χ4v) is 3.73. The second-order valence-corrected chi connectivity index (χ2v) is 7.93. The van der Waals surface area contributed by atoms with Gasteiger partial charge in [-0.1, -0.05) is 24.3 Å². The molecule has 0 aliphatic carbocycles. The van der Waals surface area contributed by atoms with E-state index in [1.165, 1.54) is 6.34 Å². The molecule has 0 saturated carbocycles. The molecule has 1 atom stereocenters. The highest BCUT2D eigenvalue weighted by atomic mass is 16.2. The van der Waals surface area contributed by atoms with E-state index < -0.39 is 6.17 Å². The first-order valence-electron chi connectivity index (χ1n) is 10.2. The SMILES string of the molecule is CC1=C(N(C=N)C(N)c2ccc(C#N)cc2)CN(C(C)C)C(=O)N1c1cccc(C)c1. The maximum Gasteiger partial charge on any atom is 0.329 e. The molecule has 31 heavy (non-hydrogen) atoms. The minimum absolute atomic E-state index is 0.0263. The third-order valence-electron chi connectivity index (χ3n) is 5.53. The molecule has 160 valence electrons. The van der Waals surface area contributed by atoms with Crippen molar-refractivity contribution >= 4 is 18.1 Å². The molecule has 0 saturated heterocycles. The summed E-state index contributed by atoms with van der Waals surface area (Å²) in [6, 6.07) is 16.8. The molecule has 7 nitrogen and oxygen atoms in total. The van der Waals surface area contributed by atoms with Gasteiger partial charge in [0.15, 0.2) is 0 Å². The molecule has 2 aromatic rings. The van der Waals surface area contributed by atoms with E-state index in [0.29, 0.717) is 12.1 Å². The van der Waals surface area contributed by atoms with Gasteiger partial charge in [-0.05, 0) is 63.1 Å². The minimum Gasteiger partial charge on any atom is -0.316 e. The number of nitrogens with one attached hydrogen (secondary N) is 1. The van der Waals surface area contributed by atoms with Crippen LogP contribution in [-0.2, 0) is 0 Å². The maximum atomic E-state index is 13.3. The van der Waals surface area contributed by atoms with Crippen molar-refractivity contribution in [2.45, 2.75) is 39.9 Å². The molecule has 0 aromatic heterocycles. The summed E-state index contributed by atoms with van der Waals surface area (Å²) in [4.78, 5) is 18.5. The van der Waals surface area contributed by atoms with Crippen molar-refractivity contribution in [3.8, 4) is 6.07 Å². The predicted molar refractivity (Wildman–Crippen MR) is 122 cm³/mol. The van der Waals surface area contributed by atoms with Gasteiger partial charge in [0.1, 0.15) is 6.17 Å². The van der Waals surface area contributed by atoms with Crippen LogP contribution >= 0.6 is 0 Å². The summed E-state index contributed by atoms with van der Waals surface area (Å²) in [5.41, 5.74) is 11.2. The van der Waals surface area contributed by atoms with Gasteiger partial charge in [-0.3, -0.25) is 10.3 Å². The van der Waals surface area contributed by atoms with Crippen LogP contribution in [0, 0.1) is 23.7 Å². The third kappa shape index (κ3) is 4.30. The number of nitriles is 1. The second kappa shape index (κ2) is 9.02. The van der Waals surface area contributed by atoms with Gasteiger partial charge in [-0.15, -0.1) is 0 Å². The zero-order chi connectivity index (χ0) is 22.7. The van der Waals surface area contributed by atoms with Crippen LogP contribution in [-0.4, -0.2) is 34.8 Å². The molecule has 0 radical (unpaired) electrons. The number of hydrogen-bond acceptors (Lipinski definition) is 4. The van der Waals surface area contributed by atoms with Crippen LogP contribution in [0.1, 0.15) is 43.6 Å². The molecule has 3 N–H and O–H groups in total. The van der Waals surface area contributed by atoms with Gasteiger partial charge in [-0.25, -0.2) is 4.79 Å². The van der Waals surface area contributed by atoms with Crippen LogP contribution in [0.25, 0.3) is 0 Å². The fourth-order valence-electron chi connectivity index (χ4n) is 3.73. The topological polar surface area (TPSA) is 100 Å². The monoisotopic (exact) mass is 416 g/mol. The molecule has 0 bridgehead atoms. The standard InChI is InChI=1S/C24H28N6O/c1-16(2)28-14-22(18(4)30(24(28)31)21-7-5-6-17(3)12-21)29(15-26)23(27)20-10-8-19(13-25)9-11-20/h5-12,15-16,23,26H,14,27H2,1-4H3. The van der Waals surface area contributed by atoms with E-state index in [0.717, 1.165) is 28.2 Å². The Morgan fingerprint density at radius 1 is 1.19 bits per heavy atom. The number of hydrogen-bond donors (Lipinski definition) is 2. The summed E-state index contributed by atoms with van der Waals surface area (Å²) in [7, 11) is 0. The first kappa shape index (κ1) is 22.1. The van der Waals surface area contributed by atoms with Gasteiger partial charge < -0.3 is 15.5 Å². The summed E-state index contributed by atoms with van der Waals surface area (Å²) in [6.45, 7) is 8.17. The Labute approximate surface area is 183 Å². The highest BCUT2D eigenvalue weighted by Gasteiger charge is 2.36. The lowest BCUT2D eigenvalue weighted by Gasteiger charge is -2.43. The Kier molecular flexibility index (Phi) is 6.42. The highest BCUT2D eigenvalue weighted by molar-refractivity contribution is 5.97. The van der Waals surface area contributed by atoms with Gasteiger partial charge >= 0.3 is 6.03 Å². The van der Waals surface area contributed by atoms with Crippen molar-refractivity contribution < 1.29 is 4.79 Å². The van der Waals surface area contributed by atoms with Crippen LogP contribution in [0.2, 0.25) is 0 Å². The number of nitrogens with zero attached hydrogens (tertiary/aromatic N) is 4. The number of carbonyl (C=O) groups is 1. The molecule has 1 heterocycles. The van der Waals surface area contributed by atoms with Crippen LogP contribution in [0.3, 0.4) is 0 Å². The molecular weight excluding hydrogens is 388 g/mol. The van der Waals surface area contributed by atoms with Crippen LogP contribution in [0.4, 0.5) is 10.5 Å². The molecule has 0 fully saturated rings. The number of allylic oxidation sites excluding steroid dienone is 1. The lowest BCUT2D eigenvalue weighted by molar-refractivity contribution is 0.185. The first-order valence-corrected chi connectivity index (χ1v) is 10.2. The van der Waals surface area contributed by atoms with Crippen molar-refractivity contribution in [2.75, 3.05) is 11.4 Å². The van der Waals surface area contributed by atoms with E-state index in [2.05, 4.69) is 6.07 Å². The van der Waals surface area contributed by atoms with Gasteiger partial charge in [0.25, 0.3) is 0 Å². The Morgan fingerprint density at radius 3 is 2.42 bits per heavy atom. The number of nitrogens with two attached hydrogens (primary N) is 1. The quantitative estimate of drug-likeness (QED) is 0.416. The van der Waals surface area contributed by atoms with Crippen LogP contribution in [0.5, 0.6) is 0 Å². The average molecular weight is 417 g/mol. The van der Waals surface area contributed by atoms with E-state index in [1.54, 1.807) is 39.0 Å². The van der Waals surface area contributed by atoms with Crippen molar-refractivity contribution in [3.05, 3.63) is 76.6 Å². The van der Waals surface area contributed by atoms with E-state index in [9.17, 15) is 4.79 Å². The molecular formula is C24H28N6O. The Balaban J connectivity index is 2.08. The van der Waals surface area contributed by atoms with E-state index in [4.69, 9.17) is 16.4 Å². The Morgan fingerprint density at radius 2 is 1.87 bits per heavy atom. The number of anilines is 1. The largest absolute Gasteiger partial charge is 0.329 e. The van der Waals surface area contributed by atoms with Crippen molar-refractivity contribution in [1.29, 1.82) is 10.7 Å². The van der Waals surface area contributed by atoms with E-state index in [-0.39, 0.29) is 12.1 Å². The minimum atomic E-state index is -0.628. The lowest BCUT2D eigenvalue weighted by Crippen LogP contribution is -2.53. The van der Waals surface area contributed by atoms with E-state index >= 15 is 0 Å². The van der Waals surface area contributed by atoms with Crippen LogP contribution < -0.4 is 10.6 Å². The summed E-state index contributed by atoms with van der Waals surface area (Å²) < 4.78 is 0. The number of aryl methyl sites for hydroxylation is 1. The number of carbonyl (C=O) groups excluding carboxylic acids is 1. The fraction of sp³-hybridized carbons (Fsp3) is 0.292. The maximum absolute atomic E-state index is 13.3. The zero-order valence-corrected chi connectivity index (χ0v) is 18.3. The molecule has 0 spiro atoms. The van der Waals surface area contributed by atoms with Gasteiger partial charge in [0, 0.05) is 11.7 Å². The van der Waals surface area contributed by atoms with Crippen molar-refractivity contribution in [1.82, 2.24) is 9.80 Å². The van der Waals surface area contributed by atoms with Gasteiger partial charge in [0.05, 0.1) is 35.9 Å². The average Bonchev–Trinajstić information content (AvgIpc) is 2.75. The summed E-state index contributed by atoms with van der Waals surface area (Å²) in [5.74, 6) is 0. The van der Waals surface area contributed by atoms with Crippen LogP contribution in [0.15, 0.2) is 59.9 Å². The molecule has 3 rings (SSSR count). The molecule has 1 aliphatic heterocycles. The molecule has 2 aromatic carbocycles. The molecule has 1 aliphatic rings. The number of amides is 2. The third-order valence-corrected chi connectivity index (χ3v) is 5.53. The Bertz CT molecular complexity index is 1050. The number of benzene rings is 2. The Hall–Kier alpha value is -3.63. The highest BCUT2D eigenvalue weighted by Crippen LogP contribution is 2.32. The smallest absolute Gasteiger partial charge is 0.316 e. The zero-order valence-electron chi connectivity index (χ0n) is 18.3. The predicted octanol–water partition coefficient (Wildman–Crippen LogP) is 4.32. The summed E-state index contributed by atoms with van der Waals surface area (Å²) in [5, 5.41) is 17.1. The van der Waals surface area contributed by atoms with E-state index in [1.807, 2.05) is 52.0 Å². The molecule has 2 amide bonds. The van der Waals surface area contributed by atoms with Crippen molar-refractivity contribution in [3.63, 3.8) is 0 Å². The second-order valence-electron chi connectivity index (χ2n) is 7.93.